The Kier molecular flexibility index (Phi) is 2.68. The SMILES string of the molecule is Cc1ccc(N=C2CNC(=O)NC2=O)cc1. The Morgan fingerprint density at radius 3 is 2.50 bits per heavy atom. The van der Waals surface area contributed by atoms with Gasteiger partial charge in [-0.2, -0.15) is 0 Å². The van der Waals surface area contributed by atoms with Gasteiger partial charge in [-0.25, -0.2) is 9.79 Å². The number of hydrogen-bond acceptors (Lipinski definition) is 3. The van der Waals surface area contributed by atoms with Crippen molar-refractivity contribution in [2.45, 2.75) is 6.92 Å². The van der Waals surface area contributed by atoms with Gasteiger partial charge in [0.05, 0.1) is 12.2 Å². The van der Waals surface area contributed by atoms with Gasteiger partial charge in [-0.05, 0) is 19.1 Å². The number of imide groups is 1. The molecule has 2 N–H and O–H groups in total. The van der Waals surface area contributed by atoms with Crippen LogP contribution in [0.3, 0.4) is 0 Å². The first kappa shape index (κ1) is 10.4. The third kappa shape index (κ3) is 2.25. The Hall–Kier alpha value is -2.17. The summed E-state index contributed by atoms with van der Waals surface area (Å²) >= 11 is 0. The van der Waals surface area contributed by atoms with E-state index in [1.165, 1.54) is 0 Å². The molecule has 0 atom stereocenters. The zero-order valence-corrected chi connectivity index (χ0v) is 8.78. The molecule has 82 valence electrons. The summed E-state index contributed by atoms with van der Waals surface area (Å²) in [6.45, 7) is 2.14. The van der Waals surface area contributed by atoms with Crippen LogP contribution in [0.1, 0.15) is 5.56 Å². The number of nitrogens with one attached hydrogen (secondary N) is 2. The fraction of sp³-hybridized carbons (Fsp3) is 0.182. The van der Waals surface area contributed by atoms with E-state index in [4.69, 9.17) is 0 Å². The van der Waals surface area contributed by atoms with Crippen molar-refractivity contribution in [1.29, 1.82) is 0 Å². The number of hydrogen-bond donors (Lipinski definition) is 2. The summed E-state index contributed by atoms with van der Waals surface area (Å²) in [5.74, 6) is -0.440. The minimum Gasteiger partial charge on any atom is -0.332 e. The maximum Gasteiger partial charge on any atom is 0.322 e. The smallest absolute Gasteiger partial charge is 0.322 e. The monoisotopic (exact) mass is 217 g/mol. The number of benzene rings is 1. The molecule has 0 aliphatic carbocycles. The summed E-state index contributed by atoms with van der Waals surface area (Å²) < 4.78 is 0. The maximum atomic E-state index is 11.4. The average molecular weight is 217 g/mol. The summed E-state index contributed by atoms with van der Waals surface area (Å²) in [4.78, 5) is 26.4. The van der Waals surface area contributed by atoms with Crippen molar-refractivity contribution in [1.82, 2.24) is 10.6 Å². The molecule has 1 heterocycles. The number of rotatable bonds is 1. The maximum absolute atomic E-state index is 11.4. The topological polar surface area (TPSA) is 70.6 Å². The molecule has 0 saturated carbocycles. The lowest BCUT2D eigenvalue weighted by Crippen LogP contribution is -2.52. The van der Waals surface area contributed by atoms with Crippen LogP contribution in [0.25, 0.3) is 0 Å². The molecule has 1 fully saturated rings. The van der Waals surface area contributed by atoms with Crippen molar-refractivity contribution >= 4 is 23.3 Å². The summed E-state index contributed by atoms with van der Waals surface area (Å²) in [5.41, 5.74) is 2.14. The molecule has 0 radical (unpaired) electrons. The number of aliphatic imine (C=N–C) groups is 1. The summed E-state index contributed by atoms with van der Waals surface area (Å²) in [6.07, 6.45) is 0. The highest BCUT2D eigenvalue weighted by Crippen LogP contribution is 2.12. The van der Waals surface area contributed by atoms with Crippen LogP contribution < -0.4 is 10.6 Å². The summed E-state index contributed by atoms with van der Waals surface area (Å²) in [5, 5.41) is 4.63. The molecule has 1 saturated heterocycles. The predicted octanol–water partition coefficient (Wildman–Crippen LogP) is 0.907. The van der Waals surface area contributed by atoms with Gasteiger partial charge in [-0.15, -0.1) is 0 Å². The minimum absolute atomic E-state index is 0.165. The molecule has 1 aliphatic heterocycles. The highest BCUT2D eigenvalue weighted by molar-refractivity contribution is 6.44. The van der Waals surface area contributed by atoms with Gasteiger partial charge in [-0.1, -0.05) is 17.7 Å². The van der Waals surface area contributed by atoms with Gasteiger partial charge in [-0.3, -0.25) is 10.1 Å². The Bertz CT molecular complexity index is 463. The van der Waals surface area contributed by atoms with Crippen LogP contribution in [0.15, 0.2) is 29.3 Å². The van der Waals surface area contributed by atoms with Gasteiger partial charge in [0, 0.05) is 0 Å². The Balaban J connectivity index is 2.21. The standard InChI is InChI=1S/C11H11N3O2/c1-7-2-4-8(5-3-7)13-9-6-12-11(16)14-10(9)15/h2-5H,6H2,1H3,(H2,12,14,15,16). The van der Waals surface area contributed by atoms with Gasteiger partial charge in [0.1, 0.15) is 5.71 Å². The van der Waals surface area contributed by atoms with E-state index in [1.807, 2.05) is 31.2 Å². The van der Waals surface area contributed by atoms with E-state index in [0.717, 1.165) is 5.56 Å². The van der Waals surface area contributed by atoms with Crippen molar-refractivity contribution in [3.8, 4) is 0 Å². The van der Waals surface area contributed by atoms with Crippen molar-refractivity contribution < 1.29 is 9.59 Å². The summed E-state index contributed by atoms with van der Waals surface area (Å²) in [6, 6.07) is 7.00. The molecule has 0 bridgehead atoms. The molecule has 0 spiro atoms. The Morgan fingerprint density at radius 1 is 1.19 bits per heavy atom. The molecular weight excluding hydrogens is 206 g/mol. The van der Waals surface area contributed by atoms with Crippen LogP contribution >= 0.6 is 0 Å². The predicted molar refractivity (Wildman–Crippen MR) is 59.8 cm³/mol. The third-order valence-electron chi connectivity index (χ3n) is 2.20. The first-order valence-electron chi connectivity index (χ1n) is 4.88. The lowest BCUT2D eigenvalue weighted by atomic mass is 10.2. The number of aryl methyl sites for hydroxylation is 1. The minimum atomic E-state index is -0.479. The highest BCUT2D eigenvalue weighted by atomic mass is 16.2. The number of carbonyl (C=O) groups is 2. The fourth-order valence-electron chi connectivity index (χ4n) is 1.33. The van der Waals surface area contributed by atoms with Crippen LogP contribution in [0, 0.1) is 6.92 Å². The fourth-order valence-corrected chi connectivity index (χ4v) is 1.33. The van der Waals surface area contributed by atoms with Gasteiger partial charge >= 0.3 is 6.03 Å². The second kappa shape index (κ2) is 4.14. The molecule has 0 aromatic heterocycles. The zero-order chi connectivity index (χ0) is 11.5. The highest BCUT2D eigenvalue weighted by Gasteiger charge is 2.20. The largest absolute Gasteiger partial charge is 0.332 e. The quantitative estimate of drug-likeness (QED) is 0.733. The van der Waals surface area contributed by atoms with Gasteiger partial charge in [0.25, 0.3) is 5.91 Å². The van der Waals surface area contributed by atoms with Crippen molar-refractivity contribution in [3.63, 3.8) is 0 Å². The van der Waals surface area contributed by atoms with Gasteiger partial charge in [0.2, 0.25) is 0 Å². The van der Waals surface area contributed by atoms with Crippen molar-refractivity contribution in [3.05, 3.63) is 29.8 Å². The number of amides is 3. The molecule has 0 unspecified atom stereocenters. The van der Waals surface area contributed by atoms with E-state index in [9.17, 15) is 9.59 Å². The van der Waals surface area contributed by atoms with E-state index >= 15 is 0 Å². The molecule has 5 nitrogen and oxygen atoms in total. The Labute approximate surface area is 92.6 Å². The average Bonchev–Trinajstić information content (AvgIpc) is 2.25. The molecule has 1 aliphatic rings. The summed E-state index contributed by atoms with van der Waals surface area (Å²) in [7, 11) is 0. The van der Waals surface area contributed by atoms with E-state index in [2.05, 4.69) is 15.6 Å². The zero-order valence-electron chi connectivity index (χ0n) is 8.78. The number of nitrogens with zero attached hydrogens (tertiary/aromatic N) is 1. The van der Waals surface area contributed by atoms with Gasteiger partial charge < -0.3 is 5.32 Å². The first-order chi connectivity index (χ1) is 7.65. The lowest BCUT2D eigenvalue weighted by Gasteiger charge is -2.14. The molecule has 2 rings (SSSR count). The Morgan fingerprint density at radius 2 is 1.88 bits per heavy atom. The third-order valence-corrected chi connectivity index (χ3v) is 2.20. The van der Waals surface area contributed by atoms with Crippen molar-refractivity contribution in [2.24, 2.45) is 4.99 Å². The van der Waals surface area contributed by atoms with E-state index in [1.54, 1.807) is 0 Å². The first-order valence-corrected chi connectivity index (χ1v) is 4.88. The normalized spacial score (nSPS) is 18.2. The van der Waals surface area contributed by atoms with E-state index in [0.29, 0.717) is 11.4 Å². The molecule has 16 heavy (non-hydrogen) atoms. The van der Waals surface area contributed by atoms with Crippen LogP contribution in [0.4, 0.5) is 10.5 Å². The molecule has 3 amide bonds. The number of carbonyl (C=O) groups excluding carboxylic acids is 2. The van der Waals surface area contributed by atoms with Crippen LogP contribution in [0.2, 0.25) is 0 Å². The van der Waals surface area contributed by atoms with E-state index in [-0.39, 0.29) is 6.54 Å². The molecule has 5 heteroatoms. The van der Waals surface area contributed by atoms with E-state index < -0.39 is 11.9 Å². The molecule has 1 aromatic carbocycles. The van der Waals surface area contributed by atoms with Crippen LogP contribution in [-0.4, -0.2) is 24.2 Å². The van der Waals surface area contributed by atoms with Crippen LogP contribution in [0.5, 0.6) is 0 Å². The van der Waals surface area contributed by atoms with Crippen molar-refractivity contribution in [2.75, 3.05) is 6.54 Å². The molecular formula is C11H11N3O2. The van der Waals surface area contributed by atoms with Gasteiger partial charge in [0.15, 0.2) is 0 Å². The van der Waals surface area contributed by atoms with Crippen LogP contribution in [-0.2, 0) is 4.79 Å². The molecule has 1 aromatic rings. The number of urea groups is 1. The second-order valence-corrected chi connectivity index (χ2v) is 3.53. The second-order valence-electron chi connectivity index (χ2n) is 3.53. The lowest BCUT2D eigenvalue weighted by molar-refractivity contribution is -0.114.